The quantitative estimate of drug-likeness (QED) is 0.168. The highest BCUT2D eigenvalue weighted by Gasteiger charge is 2.33. The number of hydrogen-bond acceptors (Lipinski definition) is 3. The van der Waals surface area contributed by atoms with Crippen molar-refractivity contribution in [3.8, 4) is 22.6 Å². The molecule has 194 valence electrons. The topological polar surface area (TPSA) is 55.8 Å². The van der Waals surface area contributed by atoms with Crippen LogP contribution in [0.1, 0.15) is 76.3 Å². The molecule has 0 radical (unpaired) electrons. The number of hydrogen-bond donors (Lipinski definition) is 1. The second kappa shape index (κ2) is 11.3. The van der Waals surface area contributed by atoms with Crippen LogP contribution in [0.2, 0.25) is 0 Å². The van der Waals surface area contributed by atoms with Crippen molar-refractivity contribution in [2.45, 2.75) is 78.1 Å². The third-order valence-corrected chi connectivity index (χ3v) is 8.26. The molecule has 4 nitrogen and oxygen atoms in total. The zero-order chi connectivity index (χ0) is 25.8. The lowest BCUT2D eigenvalue weighted by molar-refractivity contribution is 0.294. The Morgan fingerprint density at radius 1 is 0.622 bits per heavy atom. The van der Waals surface area contributed by atoms with Crippen molar-refractivity contribution < 1.29 is 18.5 Å². The highest BCUT2D eigenvalue weighted by Crippen LogP contribution is 2.56. The van der Waals surface area contributed by atoms with E-state index in [0.717, 1.165) is 45.5 Å². The minimum atomic E-state index is -4.31. The van der Waals surface area contributed by atoms with Crippen LogP contribution in [0.25, 0.3) is 32.7 Å². The summed E-state index contributed by atoms with van der Waals surface area (Å²) < 4.78 is 24.0. The molecular formula is C32H37O4P. The van der Waals surface area contributed by atoms with E-state index in [0.29, 0.717) is 11.5 Å². The van der Waals surface area contributed by atoms with E-state index in [2.05, 4.69) is 50.2 Å². The molecule has 5 heteroatoms. The Labute approximate surface area is 220 Å². The zero-order valence-corrected chi connectivity index (χ0v) is 22.9. The lowest BCUT2D eigenvalue weighted by Gasteiger charge is -2.15. The summed E-state index contributed by atoms with van der Waals surface area (Å²) in [5.74, 6) is 0.757. The number of unbranched alkanes of at least 4 members (excludes halogenated alkanes) is 6. The van der Waals surface area contributed by atoms with E-state index in [4.69, 9.17) is 9.05 Å². The van der Waals surface area contributed by atoms with Crippen molar-refractivity contribution in [3.05, 3.63) is 71.8 Å². The third-order valence-electron chi connectivity index (χ3n) is 7.41. The Bertz CT molecular complexity index is 1350. The summed E-state index contributed by atoms with van der Waals surface area (Å²) in [6.07, 6.45) is 12.0. The van der Waals surface area contributed by atoms with Gasteiger partial charge in [-0.05, 0) is 70.5 Å². The molecule has 37 heavy (non-hydrogen) atoms. The molecule has 1 aliphatic rings. The first-order valence-electron chi connectivity index (χ1n) is 13.8. The number of aryl methyl sites for hydroxylation is 2. The van der Waals surface area contributed by atoms with E-state index in [1.807, 2.05) is 12.1 Å². The lowest BCUT2D eigenvalue weighted by atomic mass is 9.90. The van der Waals surface area contributed by atoms with Crippen molar-refractivity contribution in [2.75, 3.05) is 0 Å². The first-order chi connectivity index (χ1) is 18.0. The largest absolute Gasteiger partial charge is 0.584 e. The summed E-state index contributed by atoms with van der Waals surface area (Å²) >= 11 is 0. The molecule has 4 aromatic rings. The first-order valence-corrected chi connectivity index (χ1v) is 15.3. The highest BCUT2D eigenvalue weighted by molar-refractivity contribution is 7.48. The van der Waals surface area contributed by atoms with Crippen LogP contribution in [0.3, 0.4) is 0 Å². The molecule has 0 fully saturated rings. The smallest absolute Gasteiger partial charge is 0.395 e. The molecule has 0 aromatic heterocycles. The lowest BCUT2D eigenvalue weighted by Crippen LogP contribution is -1.97. The predicted molar refractivity (Wildman–Crippen MR) is 154 cm³/mol. The summed E-state index contributed by atoms with van der Waals surface area (Å²) in [4.78, 5) is 10.5. The molecule has 0 amide bonds. The minimum absolute atomic E-state index is 0.379. The van der Waals surface area contributed by atoms with Crippen LogP contribution in [0, 0.1) is 0 Å². The van der Waals surface area contributed by atoms with Crippen LogP contribution >= 0.6 is 7.82 Å². The minimum Gasteiger partial charge on any atom is -0.395 e. The Hall–Kier alpha value is -2.81. The zero-order valence-electron chi connectivity index (χ0n) is 22.0. The van der Waals surface area contributed by atoms with E-state index >= 15 is 0 Å². The number of phosphoric acid groups is 1. The van der Waals surface area contributed by atoms with Crippen molar-refractivity contribution in [1.82, 2.24) is 0 Å². The molecule has 0 spiro atoms. The Kier molecular flexibility index (Phi) is 7.88. The molecule has 0 saturated heterocycles. The van der Waals surface area contributed by atoms with Crippen LogP contribution < -0.4 is 9.05 Å². The van der Waals surface area contributed by atoms with Gasteiger partial charge in [0.05, 0.1) is 0 Å². The van der Waals surface area contributed by atoms with Crippen molar-refractivity contribution in [1.29, 1.82) is 0 Å². The van der Waals surface area contributed by atoms with Crippen LogP contribution in [0.15, 0.2) is 60.7 Å². The fourth-order valence-electron chi connectivity index (χ4n) is 5.48. The predicted octanol–water partition coefficient (Wildman–Crippen LogP) is 9.78. The van der Waals surface area contributed by atoms with Gasteiger partial charge in [-0.3, -0.25) is 4.89 Å². The van der Waals surface area contributed by atoms with Crippen molar-refractivity contribution in [3.63, 3.8) is 0 Å². The second-order valence-corrected chi connectivity index (χ2v) is 11.6. The van der Waals surface area contributed by atoms with E-state index < -0.39 is 7.82 Å². The molecule has 0 aliphatic carbocycles. The van der Waals surface area contributed by atoms with Crippen LogP contribution in [0.4, 0.5) is 0 Å². The fourth-order valence-corrected chi connectivity index (χ4v) is 6.32. The average Bonchev–Trinajstić information content (AvgIpc) is 3.01. The number of rotatable bonds is 10. The fraction of sp³-hybridized carbons (Fsp3) is 0.375. The van der Waals surface area contributed by atoms with Gasteiger partial charge in [0.1, 0.15) is 11.5 Å². The SMILES string of the molecule is CCCCCCc1ccc2c3c(ccc2c1)OP(=O)(O)Oc1ccc2cc(CCCCCC)ccc2c1-3. The Balaban J connectivity index is 1.60. The standard InChI is InChI=1S/C32H37O4P/c1-3-5-7-9-11-23-13-17-27-25(21-23)15-19-29-31(27)32-28-18-14-24(12-10-8-6-4-2)22-26(28)16-20-30(32)36-37(33,34)35-29/h13-22H,3-12H2,1-2H3,(H,33,34). The van der Waals surface area contributed by atoms with E-state index in [1.54, 1.807) is 12.1 Å². The molecule has 0 saturated carbocycles. The van der Waals surface area contributed by atoms with Gasteiger partial charge in [0.2, 0.25) is 0 Å². The number of phosphoric ester groups is 1. The normalized spacial score (nSPS) is 14.0. The second-order valence-electron chi connectivity index (χ2n) is 10.3. The van der Waals surface area contributed by atoms with E-state index in [1.165, 1.54) is 62.5 Å². The summed E-state index contributed by atoms with van der Waals surface area (Å²) in [6.45, 7) is 4.46. The Morgan fingerprint density at radius 3 is 1.51 bits per heavy atom. The van der Waals surface area contributed by atoms with E-state index in [9.17, 15) is 9.46 Å². The summed E-state index contributed by atoms with van der Waals surface area (Å²) in [6, 6.07) is 20.7. The maximum absolute atomic E-state index is 12.8. The summed E-state index contributed by atoms with van der Waals surface area (Å²) in [7, 11) is -4.31. The highest BCUT2D eigenvalue weighted by atomic mass is 31.2. The molecule has 1 N–H and O–H groups in total. The molecule has 0 atom stereocenters. The summed E-state index contributed by atoms with van der Waals surface area (Å²) in [5.41, 5.74) is 4.26. The average molecular weight is 517 g/mol. The molecule has 0 unspecified atom stereocenters. The molecule has 1 heterocycles. The van der Waals surface area contributed by atoms with E-state index in [-0.39, 0.29) is 0 Å². The van der Waals surface area contributed by atoms with Gasteiger partial charge in [-0.25, -0.2) is 4.57 Å². The molecule has 4 aromatic carbocycles. The van der Waals surface area contributed by atoms with Gasteiger partial charge in [0.25, 0.3) is 0 Å². The van der Waals surface area contributed by atoms with Crippen LogP contribution in [-0.2, 0) is 17.4 Å². The molecule has 5 rings (SSSR count). The summed E-state index contributed by atoms with van der Waals surface area (Å²) in [5, 5.41) is 4.19. The van der Waals surface area contributed by atoms with Gasteiger partial charge in [-0.1, -0.05) is 101 Å². The van der Waals surface area contributed by atoms with Crippen molar-refractivity contribution in [2.24, 2.45) is 0 Å². The monoisotopic (exact) mass is 516 g/mol. The first kappa shape index (κ1) is 25.8. The van der Waals surface area contributed by atoms with Gasteiger partial charge in [-0.15, -0.1) is 0 Å². The van der Waals surface area contributed by atoms with Crippen LogP contribution in [-0.4, -0.2) is 4.89 Å². The van der Waals surface area contributed by atoms with Gasteiger partial charge >= 0.3 is 7.82 Å². The van der Waals surface area contributed by atoms with Gasteiger partial charge < -0.3 is 9.05 Å². The van der Waals surface area contributed by atoms with Crippen LogP contribution in [0.5, 0.6) is 11.5 Å². The van der Waals surface area contributed by atoms with Crippen molar-refractivity contribution >= 4 is 29.4 Å². The van der Waals surface area contributed by atoms with Gasteiger partial charge in [0, 0.05) is 11.1 Å². The third kappa shape index (κ3) is 5.71. The van der Waals surface area contributed by atoms with Gasteiger partial charge in [-0.2, -0.15) is 0 Å². The molecular weight excluding hydrogens is 479 g/mol. The maximum atomic E-state index is 12.8. The Morgan fingerprint density at radius 2 is 1.08 bits per heavy atom. The maximum Gasteiger partial charge on any atom is 0.584 e. The molecule has 0 bridgehead atoms. The molecule has 1 aliphatic heterocycles. The number of benzene rings is 4. The van der Waals surface area contributed by atoms with Gasteiger partial charge in [0.15, 0.2) is 0 Å². The number of fused-ring (bicyclic) bond motifs is 7.